The number of sulfonamides is 1. The molecule has 0 N–H and O–H groups in total. The lowest BCUT2D eigenvalue weighted by molar-refractivity contribution is 0.109. The van der Waals surface area contributed by atoms with Crippen LogP contribution in [0.15, 0.2) is 21.6 Å². The van der Waals surface area contributed by atoms with Gasteiger partial charge in [-0.25, -0.2) is 8.42 Å². The van der Waals surface area contributed by atoms with Gasteiger partial charge in [-0.1, -0.05) is 20.8 Å². The first-order chi connectivity index (χ1) is 8.10. The monoisotopic (exact) mass is 273 g/mol. The van der Waals surface area contributed by atoms with Crippen molar-refractivity contribution in [3.8, 4) is 0 Å². The lowest BCUT2D eigenvalue weighted by Gasteiger charge is -2.33. The minimum Gasteiger partial charge on any atom is -0.440 e. The molecule has 18 heavy (non-hydrogen) atoms. The van der Waals surface area contributed by atoms with Crippen LogP contribution >= 0.6 is 0 Å². The van der Waals surface area contributed by atoms with Gasteiger partial charge in [-0.15, -0.1) is 0 Å². The van der Waals surface area contributed by atoms with Crippen LogP contribution in [-0.4, -0.2) is 32.1 Å². The quantitative estimate of drug-likeness (QED) is 0.788. The molecule has 1 heterocycles. The predicted molar refractivity (Wildman–Crippen MR) is 68.0 cm³/mol. The van der Waals surface area contributed by atoms with Crippen molar-refractivity contribution in [3.05, 3.63) is 17.9 Å². The molecule has 1 rings (SSSR count). The Morgan fingerprint density at radius 2 is 1.89 bits per heavy atom. The van der Waals surface area contributed by atoms with Crippen molar-refractivity contribution < 1.29 is 17.6 Å². The van der Waals surface area contributed by atoms with E-state index in [9.17, 15) is 13.2 Å². The van der Waals surface area contributed by atoms with Gasteiger partial charge in [0.15, 0.2) is 12.0 Å². The van der Waals surface area contributed by atoms with Gasteiger partial charge in [-0.05, 0) is 24.5 Å². The van der Waals surface area contributed by atoms with Crippen LogP contribution in [0.1, 0.15) is 38.2 Å². The molecule has 0 spiro atoms. The largest absolute Gasteiger partial charge is 0.440 e. The second-order valence-electron chi connectivity index (χ2n) is 5.34. The van der Waals surface area contributed by atoms with Crippen molar-refractivity contribution in [2.75, 3.05) is 7.05 Å². The van der Waals surface area contributed by atoms with Gasteiger partial charge in [0.25, 0.3) is 10.0 Å². The first-order valence-electron chi connectivity index (χ1n) is 5.63. The Hall–Kier alpha value is -1.14. The minimum atomic E-state index is -3.70. The molecular weight excluding hydrogens is 254 g/mol. The fourth-order valence-electron chi connectivity index (χ4n) is 1.43. The third kappa shape index (κ3) is 2.81. The Kier molecular flexibility index (Phi) is 4.02. The smallest absolute Gasteiger partial charge is 0.276 e. The molecule has 0 amide bonds. The second kappa shape index (κ2) is 4.85. The predicted octanol–water partition coefficient (Wildman–Crippen LogP) is 2.15. The summed E-state index contributed by atoms with van der Waals surface area (Å²) in [5.41, 5.74) is -0.193. The topological polar surface area (TPSA) is 67.6 Å². The zero-order valence-corrected chi connectivity index (χ0v) is 12.1. The van der Waals surface area contributed by atoms with Crippen LogP contribution in [0.4, 0.5) is 0 Å². The number of carbonyl (C=O) groups is 1. The highest BCUT2D eigenvalue weighted by Gasteiger charge is 2.34. The first kappa shape index (κ1) is 14.9. The summed E-state index contributed by atoms with van der Waals surface area (Å²) < 4.78 is 30.8. The van der Waals surface area contributed by atoms with Crippen LogP contribution < -0.4 is 0 Å². The summed E-state index contributed by atoms with van der Waals surface area (Å²) in [6.07, 6.45) is 0.478. The fourth-order valence-corrected chi connectivity index (χ4v) is 2.89. The lowest BCUT2D eigenvalue weighted by atomic mass is 9.88. The first-order valence-corrected chi connectivity index (χ1v) is 7.07. The number of nitrogens with zero attached hydrogens (tertiary/aromatic N) is 1. The molecule has 1 atom stereocenters. The number of furan rings is 1. The molecule has 0 saturated heterocycles. The maximum Gasteiger partial charge on any atom is 0.276 e. The van der Waals surface area contributed by atoms with Gasteiger partial charge in [0.2, 0.25) is 5.09 Å². The van der Waals surface area contributed by atoms with E-state index >= 15 is 0 Å². The maximum atomic E-state index is 12.3. The summed E-state index contributed by atoms with van der Waals surface area (Å²) in [6.45, 7) is 7.72. The molecule has 0 saturated carbocycles. The van der Waals surface area contributed by atoms with E-state index in [1.54, 1.807) is 0 Å². The number of aldehydes is 1. The Bertz CT molecular complexity index is 525. The average molecular weight is 273 g/mol. The van der Waals surface area contributed by atoms with Crippen molar-refractivity contribution in [1.82, 2.24) is 4.31 Å². The highest BCUT2D eigenvalue weighted by atomic mass is 32.2. The van der Waals surface area contributed by atoms with Gasteiger partial charge in [0.1, 0.15) is 0 Å². The molecule has 1 aromatic heterocycles. The molecule has 0 aromatic carbocycles. The maximum absolute atomic E-state index is 12.3. The number of hydrogen-bond acceptors (Lipinski definition) is 4. The van der Waals surface area contributed by atoms with Crippen LogP contribution in [0.3, 0.4) is 0 Å². The molecule has 0 radical (unpaired) electrons. The molecule has 0 aliphatic heterocycles. The van der Waals surface area contributed by atoms with Gasteiger partial charge in [0, 0.05) is 13.1 Å². The van der Waals surface area contributed by atoms with Crippen molar-refractivity contribution in [3.63, 3.8) is 0 Å². The summed E-state index contributed by atoms with van der Waals surface area (Å²) in [5, 5.41) is -0.205. The van der Waals surface area contributed by atoms with Crippen LogP contribution in [0.25, 0.3) is 0 Å². The zero-order chi connectivity index (χ0) is 14.1. The van der Waals surface area contributed by atoms with Crippen LogP contribution in [-0.2, 0) is 10.0 Å². The molecule has 102 valence electrons. The SMILES string of the molecule is CC(N(C)S(=O)(=O)c1ccc(C=O)o1)C(C)(C)C. The average Bonchev–Trinajstić information content (AvgIpc) is 2.74. The number of carbonyl (C=O) groups excluding carboxylic acids is 1. The summed E-state index contributed by atoms with van der Waals surface area (Å²) in [7, 11) is -2.19. The summed E-state index contributed by atoms with van der Waals surface area (Å²) in [5.74, 6) is 0.00499. The van der Waals surface area contributed by atoms with E-state index in [1.807, 2.05) is 27.7 Å². The highest BCUT2D eigenvalue weighted by Crippen LogP contribution is 2.28. The van der Waals surface area contributed by atoms with E-state index in [1.165, 1.54) is 23.5 Å². The van der Waals surface area contributed by atoms with Crippen LogP contribution in [0.5, 0.6) is 0 Å². The molecule has 5 nitrogen and oxygen atoms in total. The standard InChI is InChI=1S/C12H19NO4S/c1-9(12(2,3)4)13(5)18(15,16)11-7-6-10(8-14)17-11/h6-9H,1-5H3. The molecule has 0 bridgehead atoms. The van der Waals surface area contributed by atoms with E-state index in [2.05, 4.69) is 0 Å². The van der Waals surface area contributed by atoms with Gasteiger partial charge < -0.3 is 4.42 Å². The number of hydrogen-bond donors (Lipinski definition) is 0. The van der Waals surface area contributed by atoms with Gasteiger partial charge in [-0.2, -0.15) is 4.31 Å². The van der Waals surface area contributed by atoms with E-state index in [-0.39, 0.29) is 22.3 Å². The van der Waals surface area contributed by atoms with E-state index in [4.69, 9.17) is 4.42 Å². The van der Waals surface area contributed by atoms with Crippen LogP contribution in [0.2, 0.25) is 0 Å². The van der Waals surface area contributed by atoms with Gasteiger partial charge >= 0.3 is 0 Å². The van der Waals surface area contributed by atoms with Crippen molar-refractivity contribution in [2.45, 2.75) is 38.8 Å². The fraction of sp³-hybridized carbons (Fsp3) is 0.583. The van der Waals surface area contributed by atoms with Crippen LogP contribution in [0, 0.1) is 5.41 Å². The Labute approximate surface area is 108 Å². The Morgan fingerprint density at radius 1 is 1.33 bits per heavy atom. The molecule has 0 fully saturated rings. The molecule has 0 aliphatic rings. The normalized spacial score (nSPS) is 14.8. The Morgan fingerprint density at radius 3 is 2.28 bits per heavy atom. The van der Waals surface area contributed by atoms with E-state index < -0.39 is 10.0 Å². The van der Waals surface area contributed by atoms with Crippen molar-refractivity contribution in [2.24, 2.45) is 5.41 Å². The molecule has 6 heteroatoms. The van der Waals surface area contributed by atoms with Crippen molar-refractivity contribution >= 4 is 16.3 Å². The molecular formula is C12H19NO4S. The molecule has 1 unspecified atom stereocenters. The minimum absolute atomic E-state index is 0.00499. The summed E-state index contributed by atoms with van der Waals surface area (Å²) in [4.78, 5) is 10.5. The third-order valence-corrected chi connectivity index (χ3v) is 4.95. The zero-order valence-electron chi connectivity index (χ0n) is 11.3. The van der Waals surface area contributed by atoms with E-state index in [0.29, 0.717) is 6.29 Å². The van der Waals surface area contributed by atoms with E-state index in [0.717, 1.165) is 0 Å². The van der Waals surface area contributed by atoms with Gasteiger partial charge in [0.05, 0.1) is 0 Å². The van der Waals surface area contributed by atoms with Crippen molar-refractivity contribution in [1.29, 1.82) is 0 Å². The number of rotatable bonds is 4. The van der Waals surface area contributed by atoms with Gasteiger partial charge in [-0.3, -0.25) is 4.79 Å². The summed E-state index contributed by atoms with van der Waals surface area (Å²) >= 11 is 0. The second-order valence-corrected chi connectivity index (χ2v) is 7.27. The lowest BCUT2D eigenvalue weighted by Crippen LogP contribution is -2.42. The third-order valence-electron chi connectivity index (χ3n) is 3.15. The molecule has 0 aliphatic carbocycles. The molecule has 1 aromatic rings. The summed E-state index contributed by atoms with van der Waals surface area (Å²) in [6, 6.07) is 2.44. The Balaban J connectivity index is 3.10. The highest BCUT2D eigenvalue weighted by molar-refractivity contribution is 7.89.